The summed E-state index contributed by atoms with van der Waals surface area (Å²) in [5.74, 6) is 1.61. The summed E-state index contributed by atoms with van der Waals surface area (Å²) in [5.41, 5.74) is 0. The van der Waals surface area contributed by atoms with Gasteiger partial charge in [-0.3, -0.25) is 10.1 Å². The molecule has 4 rings (SSSR count). The maximum atomic E-state index is 11.5. The lowest BCUT2D eigenvalue weighted by atomic mass is 9.67. The fourth-order valence-corrected chi connectivity index (χ4v) is 5.39. The summed E-state index contributed by atoms with van der Waals surface area (Å²) in [6, 6.07) is -0.352. The highest BCUT2D eigenvalue weighted by Gasteiger charge is 2.51. The number of nitrogens with zero attached hydrogens (tertiary/aromatic N) is 1. The first-order valence-electron chi connectivity index (χ1n) is 8.86. The number of hydrogen-bond donors (Lipinski definition) is 0. The van der Waals surface area contributed by atoms with Gasteiger partial charge in [0, 0.05) is 23.2 Å². The maximum Gasteiger partial charge on any atom is 0.216 e. The average molecular weight is 303 g/mol. The topological polar surface area (TPSA) is 52.4 Å². The molecule has 22 heavy (non-hydrogen) atoms. The fourth-order valence-electron chi connectivity index (χ4n) is 5.39. The van der Waals surface area contributed by atoms with Crippen molar-refractivity contribution in [3.8, 4) is 0 Å². The van der Waals surface area contributed by atoms with Crippen molar-refractivity contribution in [2.24, 2.45) is 23.7 Å². The highest BCUT2D eigenvalue weighted by molar-refractivity contribution is 5.13. The molecule has 2 fully saturated rings. The average Bonchev–Trinajstić information content (AvgIpc) is 2.93. The van der Waals surface area contributed by atoms with E-state index >= 15 is 0 Å². The third-order valence-electron chi connectivity index (χ3n) is 6.42. The van der Waals surface area contributed by atoms with E-state index in [0.717, 1.165) is 44.9 Å². The molecule has 120 valence electrons. The lowest BCUT2D eigenvalue weighted by molar-refractivity contribution is -0.538. The number of hydrogen-bond acceptors (Lipinski definition) is 3. The van der Waals surface area contributed by atoms with E-state index in [1.165, 1.54) is 0 Å². The van der Waals surface area contributed by atoms with E-state index < -0.39 is 0 Å². The Balaban J connectivity index is 1.57. The first-order chi connectivity index (χ1) is 10.8. The molecule has 0 bridgehead atoms. The largest absolute Gasteiger partial charge is 0.373 e. The smallest absolute Gasteiger partial charge is 0.216 e. The van der Waals surface area contributed by atoms with Gasteiger partial charge in [0.15, 0.2) is 0 Å². The summed E-state index contributed by atoms with van der Waals surface area (Å²) in [5, 5.41) is 11.5. The minimum absolute atomic E-state index is 0.0132. The van der Waals surface area contributed by atoms with E-state index in [-0.39, 0.29) is 23.0 Å². The van der Waals surface area contributed by atoms with Crippen molar-refractivity contribution in [1.29, 1.82) is 0 Å². The maximum absolute atomic E-state index is 11.5. The van der Waals surface area contributed by atoms with Crippen molar-refractivity contribution in [3.63, 3.8) is 0 Å². The Morgan fingerprint density at radius 2 is 1.73 bits per heavy atom. The van der Waals surface area contributed by atoms with Crippen LogP contribution in [-0.2, 0) is 4.74 Å². The highest BCUT2D eigenvalue weighted by atomic mass is 16.6. The van der Waals surface area contributed by atoms with Crippen molar-refractivity contribution in [1.82, 2.24) is 0 Å². The molecule has 0 aromatic carbocycles. The van der Waals surface area contributed by atoms with Crippen LogP contribution < -0.4 is 0 Å². The summed E-state index contributed by atoms with van der Waals surface area (Å²) in [6.45, 7) is 0. The highest BCUT2D eigenvalue weighted by Crippen LogP contribution is 2.49. The normalized spacial score (nSPS) is 47.0. The van der Waals surface area contributed by atoms with Gasteiger partial charge in [-0.25, -0.2) is 0 Å². The molecule has 4 nitrogen and oxygen atoms in total. The lowest BCUT2D eigenvalue weighted by Gasteiger charge is -2.38. The summed E-state index contributed by atoms with van der Waals surface area (Å²) in [4.78, 5) is 11.5. The van der Waals surface area contributed by atoms with Gasteiger partial charge in [0.05, 0.1) is 12.2 Å². The van der Waals surface area contributed by atoms with E-state index in [0.29, 0.717) is 23.9 Å². The molecule has 0 aromatic heterocycles. The lowest BCUT2D eigenvalue weighted by Crippen LogP contribution is -2.44. The summed E-state index contributed by atoms with van der Waals surface area (Å²) >= 11 is 0. The second kappa shape index (κ2) is 5.80. The second-order valence-corrected chi connectivity index (χ2v) is 7.45. The zero-order valence-electron chi connectivity index (χ0n) is 13.0. The van der Waals surface area contributed by atoms with Crippen LogP contribution in [0.25, 0.3) is 0 Å². The van der Waals surface area contributed by atoms with Crippen LogP contribution in [0.15, 0.2) is 24.3 Å². The number of rotatable bonds is 2. The van der Waals surface area contributed by atoms with Gasteiger partial charge in [-0.1, -0.05) is 30.7 Å². The van der Waals surface area contributed by atoms with Gasteiger partial charge in [-0.15, -0.1) is 0 Å². The minimum Gasteiger partial charge on any atom is -0.373 e. The van der Waals surface area contributed by atoms with Gasteiger partial charge >= 0.3 is 0 Å². The summed E-state index contributed by atoms with van der Waals surface area (Å²) < 4.78 is 6.44. The van der Waals surface area contributed by atoms with Gasteiger partial charge < -0.3 is 4.74 Å². The van der Waals surface area contributed by atoms with Crippen LogP contribution >= 0.6 is 0 Å². The Morgan fingerprint density at radius 1 is 0.955 bits per heavy atom. The molecule has 0 aromatic rings. The van der Waals surface area contributed by atoms with Crippen molar-refractivity contribution in [3.05, 3.63) is 34.4 Å². The molecule has 0 amide bonds. The van der Waals surface area contributed by atoms with E-state index in [2.05, 4.69) is 24.3 Å². The van der Waals surface area contributed by atoms with Crippen LogP contribution in [0.2, 0.25) is 0 Å². The Kier molecular flexibility index (Phi) is 3.81. The van der Waals surface area contributed by atoms with E-state index in [1.807, 2.05) is 0 Å². The standard InChI is InChI=1S/C18H25NO3/c20-19(21)16-10-3-1-6-12(16)14-8-5-9-15-13-7-2-4-11-17(13)22-18(14)15/h2,4-5,9,12-18H,1,3,6-8,10-11H2. The molecule has 4 aliphatic rings. The SMILES string of the molecule is O=[N+]([O-])C1CCCCC1C1CC=CC2C3CC=CCC3OC21. The summed E-state index contributed by atoms with van der Waals surface area (Å²) in [7, 11) is 0. The molecular formula is C18H25NO3. The van der Waals surface area contributed by atoms with Crippen LogP contribution in [0.4, 0.5) is 0 Å². The Morgan fingerprint density at radius 3 is 2.59 bits per heavy atom. The molecule has 0 radical (unpaired) electrons. The number of fused-ring (bicyclic) bond motifs is 3. The van der Waals surface area contributed by atoms with Crippen molar-refractivity contribution in [2.75, 3.05) is 0 Å². The molecule has 0 N–H and O–H groups in total. The molecule has 1 saturated heterocycles. The Labute approximate surface area is 131 Å². The van der Waals surface area contributed by atoms with Gasteiger partial charge in [-0.2, -0.15) is 0 Å². The van der Waals surface area contributed by atoms with Crippen molar-refractivity contribution < 1.29 is 9.66 Å². The molecule has 4 heteroatoms. The zero-order valence-corrected chi connectivity index (χ0v) is 13.0. The van der Waals surface area contributed by atoms with Crippen LogP contribution in [0, 0.1) is 33.8 Å². The van der Waals surface area contributed by atoms with Crippen LogP contribution in [0.3, 0.4) is 0 Å². The first kappa shape index (κ1) is 14.4. The van der Waals surface area contributed by atoms with Crippen LogP contribution in [0.5, 0.6) is 0 Å². The van der Waals surface area contributed by atoms with Gasteiger partial charge in [0.25, 0.3) is 0 Å². The molecule has 1 aliphatic heterocycles. The number of nitro groups is 1. The predicted octanol–water partition coefficient (Wildman–Crippen LogP) is 3.75. The third kappa shape index (κ3) is 2.32. The second-order valence-electron chi connectivity index (χ2n) is 7.45. The molecule has 3 aliphatic carbocycles. The van der Waals surface area contributed by atoms with Crippen molar-refractivity contribution in [2.45, 2.75) is 63.2 Å². The van der Waals surface area contributed by atoms with Crippen LogP contribution in [-0.4, -0.2) is 23.2 Å². The number of allylic oxidation sites excluding steroid dienone is 2. The summed E-state index contributed by atoms with van der Waals surface area (Å²) in [6.07, 6.45) is 16.7. The van der Waals surface area contributed by atoms with E-state index in [4.69, 9.17) is 4.74 Å². The van der Waals surface area contributed by atoms with Gasteiger partial charge in [0.2, 0.25) is 6.04 Å². The first-order valence-corrected chi connectivity index (χ1v) is 8.86. The monoisotopic (exact) mass is 303 g/mol. The zero-order chi connectivity index (χ0) is 15.1. The predicted molar refractivity (Wildman–Crippen MR) is 84.0 cm³/mol. The number of ether oxygens (including phenoxy) is 1. The van der Waals surface area contributed by atoms with Crippen molar-refractivity contribution >= 4 is 0 Å². The molecule has 7 unspecified atom stereocenters. The molecule has 1 heterocycles. The van der Waals surface area contributed by atoms with E-state index in [9.17, 15) is 10.1 Å². The van der Waals surface area contributed by atoms with E-state index in [1.54, 1.807) is 0 Å². The molecular weight excluding hydrogens is 278 g/mol. The molecule has 0 spiro atoms. The quantitative estimate of drug-likeness (QED) is 0.443. The molecule has 1 saturated carbocycles. The van der Waals surface area contributed by atoms with Crippen LogP contribution in [0.1, 0.15) is 44.9 Å². The third-order valence-corrected chi connectivity index (χ3v) is 6.42. The van der Waals surface area contributed by atoms with Gasteiger partial charge in [-0.05, 0) is 43.9 Å². The fraction of sp³-hybridized carbons (Fsp3) is 0.778. The van der Waals surface area contributed by atoms with Gasteiger partial charge in [0.1, 0.15) is 0 Å². The molecule has 7 atom stereocenters. The Hall–Kier alpha value is -1.16. The Bertz CT molecular complexity index is 501. The minimum atomic E-state index is -0.352.